The molecular weight excluding hydrogens is 437 g/mol. The first kappa shape index (κ1) is 23.3. The molecule has 0 aliphatic carbocycles. The number of amides is 1. The third-order valence-electron chi connectivity index (χ3n) is 3.88. The molecule has 9 heteroatoms. The first-order valence-electron chi connectivity index (χ1n) is 8.81. The number of methoxy groups -OCH3 is 1. The van der Waals surface area contributed by atoms with Crippen LogP contribution in [0.5, 0.6) is 11.5 Å². The molecule has 0 N–H and O–H groups in total. The zero-order valence-electron chi connectivity index (χ0n) is 16.6. The van der Waals surface area contributed by atoms with Gasteiger partial charge in [0, 0.05) is 18.1 Å². The van der Waals surface area contributed by atoms with Crippen molar-refractivity contribution in [2.24, 2.45) is 5.92 Å². The molecule has 29 heavy (non-hydrogen) atoms. The minimum Gasteiger partial charge on any atom is -0.493 e. The van der Waals surface area contributed by atoms with Gasteiger partial charge in [0.25, 0.3) is 5.91 Å². The second-order valence-electron chi connectivity index (χ2n) is 6.98. The van der Waals surface area contributed by atoms with E-state index in [1.54, 1.807) is 35.2 Å². The lowest BCUT2D eigenvalue weighted by Crippen LogP contribution is -2.34. The van der Waals surface area contributed by atoms with Gasteiger partial charge in [-0.15, -0.1) is 0 Å². The van der Waals surface area contributed by atoms with Crippen molar-refractivity contribution in [3.63, 3.8) is 0 Å². The van der Waals surface area contributed by atoms with Crippen LogP contribution in [-0.2, 0) is 16.7 Å². The molecule has 0 atom stereocenters. The third kappa shape index (κ3) is 6.80. The largest absolute Gasteiger partial charge is 0.493 e. The first-order chi connectivity index (χ1) is 13.5. The summed E-state index contributed by atoms with van der Waals surface area (Å²) in [6, 6.07) is 9.62. The first-order valence-corrected chi connectivity index (χ1v) is 11.4. The Morgan fingerprint density at radius 3 is 2.34 bits per heavy atom. The van der Waals surface area contributed by atoms with Crippen LogP contribution < -0.4 is 8.92 Å². The number of ether oxygens (including phenoxy) is 1. The van der Waals surface area contributed by atoms with Gasteiger partial charge < -0.3 is 13.8 Å². The van der Waals surface area contributed by atoms with Gasteiger partial charge in [0.15, 0.2) is 11.5 Å². The third-order valence-corrected chi connectivity index (χ3v) is 4.91. The average molecular weight is 460 g/mol. The standard InChI is InChI=1S/C20H23Cl2NO5S/c1-13(2)11-23(20(24)16-7-6-15(21)10-17(16)22)12-14-5-8-18(27-3)19(9-14)28-29(4,25)26/h5-10,13H,11-12H2,1-4H3. The molecule has 0 aliphatic heterocycles. The molecule has 0 fully saturated rings. The number of carbonyl (C=O) groups excluding carboxylic acids is 1. The smallest absolute Gasteiger partial charge is 0.306 e. The molecule has 0 aromatic heterocycles. The van der Waals surface area contributed by atoms with Crippen LogP contribution >= 0.6 is 23.2 Å². The second kappa shape index (κ2) is 9.69. The summed E-state index contributed by atoms with van der Waals surface area (Å²) in [6.07, 6.45) is 0.955. The van der Waals surface area contributed by atoms with Crippen molar-refractivity contribution in [3.05, 3.63) is 57.6 Å². The number of halogens is 2. The predicted octanol–water partition coefficient (Wildman–Crippen LogP) is 4.64. The van der Waals surface area contributed by atoms with E-state index in [2.05, 4.69) is 0 Å². The van der Waals surface area contributed by atoms with E-state index in [1.807, 2.05) is 13.8 Å². The summed E-state index contributed by atoms with van der Waals surface area (Å²) in [4.78, 5) is 14.7. The molecule has 2 aromatic rings. The van der Waals surface area contributed by atoms with E-state index >= 15 is 0 Å². The fraction of sp³-hybridized carbons (Fsp3) is 0.350. The quantitative estimate of drug-likeness (QED) is 0.537. The molecule has 158 valence electrons. The highest BCUT2D eigenvalue weighted by molar-refractivity contribution is 7.86. The number of benzene rings is 2. The number of hydrogen-bond donors (Lipinski definition) is 0. The lowest BCUT2D eigenvalue weighted by Gasteiger charge is -2.25. The molecule has 1 amide bonds. The molecule has 2 rings (SSSR count). The molecule has 2 aromatic carbocycles. The Hall–Kier alpha value is -1.96. The summed E-state index contributed by atoms with van der Waals surface area (Å²) in [5, 5.41) is 0.715. The van der Waals surface area contributed by atoms with E-state index in [-0.39, 0.29) is 34.9 Å². The maximum atomic E-state index is 13.1. The number of nitrogens with zero attached hydrogens (tertiary/aromatic N) is 1. The maximum Gasteiger partial charge on any atom is 0.306 e. The Morgan fingerprint density at radius 1 is 1.10 bits per heavy atom. The summed E-state index contributed by atoms with van der Waals surface area (Å²) in [5.41, 5.74) is 1.03. The minimum atomic E-state index is -3.73. The van der Waals surface area contributed by atoms with Gasteiger partial charge in [-0.05, 0) is 41.8 Å². The van der Waals surface area contributed by atoms with Crippen LogP contribution in [0.1, 0.15) is 29.8 Å². The van der Waals surface area contributed by atoms with Crippen LogP contribution in [0.4, 0.5) is 0 Å². The van der Waals surface area contributed by atoms with Crippen LogP contribution in [0.25, 0.3) is 0 Å². The van der Waals surface area contributed by atoms with E-state index in [0.29, 0.717) is 22.7 Å². The van der Waals surface area contributed by atoms with Gasteiger partial charge in [0.2, 0.25) is 0 Å². The van der Waals surface area contributed by atoms with Crippen molar-refractivity contribution in [2.45, 2.75) is 20.4 Å². The fourth-order valence-electron chi connectivity index (χ4n) is 2.76. The zero-order valence-corrected chi connectivity index (χ0v) is 18.9. The molecule has 0 bridgehead atoms. The van der Waals surface area contributed by atoms with Gasteiger partial charge in [-0.25, -0.2) is 0 Å². The summed E-state index contributed by atoms with van der Waals surface area (Å²) < 4.78 is 33.2. The van der Waals surface area contributed by atoms with E-state index in [0.717, 1.165) is 6.26 Å². The van der Waals surface area contributed by atoms with E-state index in [9.17, 15) is 13.2 Å². The molecule has 6 nitrogen and oxygen atoms in total. The normalized spacial score (nSPS) is 11.4. The summed E-state index contributed by atoms with van der Waals surface area (Å²) in [7, 11) is -2.32. The van der Waals surface area contributed by atoms with Gasteiger partial charge in [0.05, 0.1) is 24.0 Å². The zero-order chi connectivity index (χ0) is 21.8. The SMILES string of the molecule is COc1ccc(CN(CC(C)C)C(=O)c2ccc(Cl)cc2Cl)cc1OS(C)(=O)=O. The number of carbonyl (C=O) groups is 1. The van der Waals surface area contributed by atoms with Gasteiger partial charge >= 0.3 is 10.1 Å². The molecular formula is C20H23Cl2NO5S. The van der Waals surface area contributed by atoms with E-state index in [1.165, 1.54) is 13.2 Å². The molecule has 0 aliphatic rings. The van der Waals surface area contributed by atoms with Crippen LogP contribution in [0.15, 0.2) is 36.4 Å². The van der Waals surface area contributed by atoms with Crippen molar-refractivity contribution in [2.75, 3.05) is 19.9 Å². The molecule has 0 saturated carbocycles. The Balaban J connectivity index is 2.37. The van der Waals surface area contributed by atoms with Crippen molar-refractivity contribution in [3.8, 4) is 11.5 Å². The molecule has 0 unspecified atom stereocenters. The lowest BCUT2D eigenvalue weighted by atomic mass is 10.1. The number of hydrogen-bond acceptors (Lipinski definition) is 5. The Bertz CT molecular complexity index is 992. The fourth-order valence-corrected chi connectivity index (χ4v) is 3.71. The lowest BCUT2D eigenvalue weighted by molar-refractivity contribution is 0.0722. The van der Waals surface area contributed by atoms with Crippen LogP contribution in [0.3, 0.4) is 0 Å². The predicted molar refractivity (Wildman–Crippen MR) is 115 cm³/mol. The highest BCUT2D eigenvalue weighted by Gasteiger charge is 2.21. The van der Waals surface area contributed by atoms with Crippen molar-refractivity contribution < 1.29 is 22.1 Å². The maximum absolute atomic E-state index is 13.1. The summed E-state index contributed by atoms with van der Waals surface area (Å²) in [6.45, 7) is 4.71. The Kier molecular flexibility index (Phi) is 7.80. The molecule has 0 spiro atoms. The second-order valence-corrected chi connectivity index (χ2v) is 9.39. The van der Waals surface area contributed by atoms with E-state index in [4.69, 9.17) is 32.1 Å². The van der Waals surface area contributed by atoms with Crippen LogP contribution in [0, 0.1) is 5.92 Å². The minimum absolute atomic E-state index is 0.0639. The van der Waals surface area contributed by atoms with Crippen LogP contribution in [0.2, 0.25) is 10.0 Å². The van der Waals surface area contributed by atoms with Crippen molar-refractivity contribution in [1.82, 2.24) is 4.90 Å². The average Bonchev–Trinajstić information content (AvgIpc) is 2.59. The highest BCUT2D eigenvalue weighted by atomic mass is 35.5. The van der Waals surface area contributed by atoms with Gasteiger partial charge in [-0.2, -0.15) is 8.42 Å². The van der Waals surface area contributed by atoms with Crippen LogP contribution in [-0.4, -0.2) is 39.1 Å². The van der Waals surface area contributed by atoms with Crippen molar-refractivity contribution >= 4 is 39.2 Å². The highest BCUT2D eigenvalue weighted by Crippen LogP contribution is 2.30. The van der Waals surface area contributed by atoms with Gasteiger partial charge in [-0.3, -0.25) is 4.79 Å². The monoisotopic (exact) mass is 459 g/mol. The summed E-state index contributed by atoms with van der Waals surface area (Å²) in [5.74, 6) is 0.299. The summed E-state index contributed by atoms with van der Waals surface area (Å²) >= 11 is 12.1. The topological polar surface area (TPSA) is 72.9 Å². The Labute approximate surface area is 181 Å². The molecule has 0 saturated heterocycles. The molecule has 0 heterocycles. The Morgan fingerprint density at radius 2 is 1.79 bits per heavy atom. The van der Waals surface area contributed by atoms with Crippen molar-refractivity contribution in [1.29, 1.82) is 0 Å². The van der Waals surface area contributed by atoms with Gasteiger partial charge in [0.1, 0.15) is 0 Å². The van der Waals surface area contributed by atoms with Gasteiger partial charge in [-0.1, -0.05) is 43.1 Å². The van der Waals surface area contributed by atoms with E-state index < -0.39 is 10.1 Å². The number of rotatable bonds is 8. The molecule has 0 radical (unpaired) electrons.